The van der Waals surface area contributed by atoms with E-state index in [0.29, 0.717) is 17.3 Å². The highest BCUT2D eigenvalue weighted by Gasteiger charge is 2.91. The molecule has 210 valence electrons. The second-order valence-electron chi connectivity index (χ2n) is 7.55. The van der Waals surface area contributed by atoms with Crippen molar-refractivity contribution in [1.29, 1.82) is 0 Å². The van der Waals surface area contributed by atoms with Crippen molar-refractivity contribution in [1.82, 2.24) is 5.43 Å². The van der Waals surface area contributed by atoms with Gasteiger partial charge in [-0.1, -0.05) is 30.3 Å². The fourth-order valence-corrected chi connectivity index (χ4v) is 2.73. The molecule has 0 bridgehead atoms. The fraction of sp³-hybridized carbons (Fsp3) is 0.333. The number of hydrogen-bond acceptors (Lipinski definition) is 3. The summed E-state index contributed by atoms with van der Waals surface area (Å²) in [5, 5.41) is 2.77. The molecule has 0 saturated heterocycles. The Morgan fingerprint density at radius 3 is 1.61 bits per heavy atom. The Hall–Kier alpha value is -3.53. The molecule has 1 N–H and O–H groups in total. The van der Waals surface area contributed by atoms with E-state index < -0.39 is 41.7 Å². The molecule has 0 radical (unpaired) electrons. The first-order chi connectivity index (χ1) is 17.1. The lowest BCUT2D eigenvalue weighted by molar-refractivity contribution is -0.436. The number of nitrogens with one attached hydrogen (secondary N) is 1. The molecule has 2 aromatic rings. The van der Waals surface area contributed by atoms with Crippen LogP contribution in [0.25, 0.3) is 0 Å². The van der Waals surface area contributed by atoms with Crippen molar-refractivity contribution in [3.05, 3.63) is 60.2 Å². The SMILES string of the molecule is CN(c1ccccc1)c1ccc(/C=N\NC(=O)C(F)(F)C(F)(F)C(F)(F)C(F)(F)C(F)(F)C(F)(F)F)cc1. The molecule has 0 aromatic heterocycles. The van der Waals surface area contributed by atoms with Crippen molar-refractivity contribution in [3.8, 4) is 0 Å². The summed E-state index contributed by atoms with van der Waals surface area (Å²) < 4.78 is 170. The van der Waals surface area contributed by atoms with Crippen molar-refractivity contribution in [2.24, 2.45) is 5.10 Å². The van der Waals surface area contributed by atoms with Crippen molar-refractivity contribution in [3.63, 3.8) is 0 Å². The molecule has 0 atom stereocenters. The maximum atomic E-state index is 13.8. The normalized spacial score (nSPS) is 14.1. The lowest BCUT2D eigenvalue weighted by Crippen LogP contribution is -2.71. The minimum absolute atomic E-state index is 0.00673. The minimum Gasteiger partial charge on any atom is -0.345 e. The topological polar surface area (TPSA) is 44.7 Å². The molecule has 0 aliphatic carbocycles. The van der Waals surface area contributed by atoms with E-state index >= 15 is 0 Å². The summed E-state index contributed by atoms with van der Waals surface area (Å²) in [6.07, 6.45) is -7.01. The van der Waals surface area contributed by atoms with E-state index in [0.717, 1.165) is 5.69 Å². The molecule has 0 saturated carbocycles. The Labute approximate surface area is 204 Å². The third kappa shape index (κ3) is 5.09. The number of para-hydroxylation sites is 1. The Kier molecular flexibility index (Phi) is 8.06. The van der Waals surface area contributed by atoms with Crippen LogP contribution in [0.1, 0.15) is 5.56 Å². The van der Waals surface area contributed by atoms with Crippen molar-refractivity contribution < 1.29 is 61.9 Å². The second-order valence-corrected chi connectivity index (χ2v) is 7.55. The number of rotatable bonds is 9. The number of carbonyl (C=O) groups is 1. The number of halogens is 13. The van der Waals surface area contributed by atoms with E-state index in [1.807, 2.05) is 0 Å². The van der Waals surface area contributed by atoms with Crippen molar-refractivity contribution in [2.75, 3.05) is 11.9 Å². The summed E-state index contributed by atoms with van der Waals surface area (Å²) in [4.78, 5) is 13.1. The minimum atomic E-state index is -8.09. The highest BCUT2D eigenvalue weighted by Crippen LogP contribution is 2.60. The van der Waals surface area contributed by atoms with Crippen LogP contribution in [0, 0.1) is 0 Å². The van der Waals surface area contributed by atoms with Gasteiger partial charge in [0.25, 0.3) is 0 Å². The van der Waals surface area contributed by atoms with Crippen LogP contribution in [-0.4, -0.2) is 55.0 Å². The van der Waals surface area contributed by atoms with Crippen LogP contribution in [0.4, 0.5) is 68.5 Å². The summed E-state index contributed by atoms with van der Waals surface area (Å²) in [7, 11) is 1.67. The first-order valence-electron chi connectivity index (χ1n) is 9.81. The molecule has 0 fully saturated rings. The van der Waals surface area contributed by atoms with Gasteiger partial charge in [-0.25, -0.2) is 5.43 Å². The maximum Gasteiger partial charge on any atom is 0.460 e. The monoisotopic (exact) mass is 571 g/mol. The molecule has 2 rings (SSSR count). The van der Waals surface area contributed by atoms with Gasteiger partial charge in [-0.05, 0) is 29.8 Å². The summed E-state index contributed by atoms with van der Waals surface area (Å²) in [5.41, 5.74) is 1.96. The maximum absolute atomic E-state index is 13.8. The second kappa shape index (κ2) is 9.98. The zero-order chi connectivity index (χ0) is 29.4. The summed E-state index contributed by atoms with van der Waals surface area (Å²) in [6, 6.07) is 14.2. The number of amides is 1. The van der Waals surface area contributed by atoms with Crippen molar-refractivity contribution in [2.45, 2.75) is 35.8 Å². The average molecular weight is 571 g/mol. The molecular formula is C21H14F13N3O. The Balaban J connectivity index is 2.20. The summed E-state index contributed by atoms with van der Waals surface area (Å²) in [6.45, 7) is 0. The van der Waals surface area contributed by atoms with Gasteiger partial charge in [0.1, 0.15) is 0 Å². The summed E-state index contributed by atoms with van der Waals surface area (Å²) >= 11 is 0. The first kappa shape index (κ1) is 30.7. The molecule has 38 heavy (non-hydrogen) atoms. The molecule has 0 aliphatic heterocycles. The van der Waals surface area contributed by atoms with Gasteiger partial charge in [0.15, 0.2) is 0 Å². The molecular weight excluding hydrogens is 557 g/mol. The Bertz CT molecular complexity index is 1150. The van der Waals surface area contributed by atoms with E-state index in [4.69, 9.17) is 0 Å². The quantitative estimate of drug-likeness (QED) is 0.208. The van der Waals surface area contributed by atoms with Gasteiger partial charge in [-0.15, -0.1) is 0 Å². The van der Waals surface area contributed by atoms with Crippen LogP contribution < -0.4 is 10.3 Å². The van der Waals surface area contributed by atoms with Gasteiger partial charge in [-0.2, -0.15) is 62.2 Å². The molecule has 0 spiro atoms. The average Bonchev–Trinajstić information content (AvgIpc) is 2.83. The lowest BCUT2D eigenvalue weighted by Gasteiger charge is -2.38. The molecule has 0 aliphatic rings. The number of benzene rings is 2. The van der Waals surface area contributed by atoms with Crippen molar-refractivity contribution >= 4 is 23.5 Å². The van der Waals surface area contributed by atoms with E-state index in [9.17, 15) is 61.9 Å². The van der Waals surface area contributed by atoms with Crippen LogP contribution in [0.3, 0.4) is 0 Å². The molecule has 2 aromatic carbocycles. The van der Waals surface area contributed by atoms with Gasteiger partial charge in [0.2, 0.25) is 0 Å². The molecule has 1 amide bonds. The zero-order valence-corrected chi connectivity index (χ0v) is 18.5. The van der Waals surface area contributed by atoms with Gasteiger partial charge >= 0.3 is 41.7 Å². The van der Waals surface area contributed by atoms with Gasteiger partial charge < -0.3 is 4.90 Å². The zero-order valence-electron chi connectivity index (χ0n) is 18.5. The Morgan fingerprint density at radius 2 is 1.13 bits per heavy atom. The molecule has 4 nitrogen and oxygen atoms in total. The van der Waals surface area contributed by atoms with Crippen LogP contribution in [0.5, 0.6) is 0 Å². The predicted molar refractivity (Wildman–Crippen MR) is 107 cm³/mol. The third-order valence-corrected chi connectivity index (χ3v) is 5.02. The fourth-order valence-electron chi connectivity index (χ4n) is 2.73. The van der Waals surface area contributed by atoms with Gasteiger partial charge in [0, 0.05) is 18.4 Å². The lowest BCUT2D eigenvalue weighted by atomic mass is 9.93. The number of alkyl halides is 13. The molecule has 0 unspecified atom stereocenters. The van der Waals surface area contributed by atoms with Crippen LogP contribution >= 0.6 is 0 Å². The molecule has 17 heteroatoms. The largest absolute Gasteiger partial charge is 0.460 e. The van der Waals surface area contributed by atoms with Crippen LogP contribution in [0.2, 0.25) is 0 Å². The van der Waals surface area contributed by atoms with Crippen LogP contribution in [0.15, 0.2) is 59.7 Å². The number of hydrogen-bond donors (Lipinski definition) is 1. The van der Waals surface area contributed by atoms with Crippen LogP contribution in [-0.2, 0) is 4.79 Å². The smallest absolute Gasteiger partial charge is 0.345 e. The third-order valence-electron chi connectivity index (χ3n) is 5.02. The predicted octanol–water partition coefficient (Wildman–Crippen LogP) is 6.64. The standard InChI is InChI=1S/C21H14F13N3O/c1-37(13-5-3-2-4-6-13)14-9-7-12(8-10-14)11-35-36-15(38)16(22,23)17(24,25)18(26,27)19(28,29)20(30,31)21(32,33)34/h2-11H,1H3,(H,36,38)/b35-11-. The number of hydrazone groups is 1. The van der Waals surface area contributed by atoms with E-state index in [1.165, 1.54) is 24.3 Å². The highest BCUT2D eigenvalue weighted by atomic mass is 19.4. The molecule has 0 heterocycles. The van der Waals surface area contributed by atoms with E-state index in [2.05, 4.69) is 5.10 Å². The van der Waals surface area contributed by atoms with Gasteiger partial charge in [-0.3, -0.25) is 4.79 Å². The van der Waals surface area contributed by atoms with E-state index in [1.54, 1.807) is 42.3 Å². The van der Waals surface area contributed by atoms with E-state index in [-0.39, 0.29) is 5.56 Å². The number of anilines is 2. The number of carbonyl (C=O) groups excluding carboxylic acids is 1. The van der Waals surface area contributed by atoms with Gasteiger partial charge in [0.05, 0.1) is 6.21 Å². The Morgan fingerprint density at radius 1 is 0.684 bits per heavy atom. The number of nitrogens with zero attached hydrogens (tertiary/aromatic N) is 2. The first-order valence-corrected chi connectivity index (χ1v) is 9.81. The summed E-state index contributed by atoms with van der Waals surface area (Å²) in [5.74, 6) is -42.2. The highest BCUT2D eigenvalue weighted by molar-refractivity contribution is 5.87.